The lowest BCUT2D eigenvalue weighted by Crippen LogP contribution is -2.13. The molecule has 0 aliphatic carbocycles. The number of carbonyl (C=O) groups is 1. The van der Waals surface area contributed by atoms with Gasteiger partial charge in [-0.15, -0.1) is 0 Å². The molecule has 0 aliphatic heterocycles. The Labute approximate surface area is 98.7 Å². The van der Waals surface area contributed by atoms with Crippen molar-refractivity contribution in [2.75, 3.05) is 19.0 Å². The van der Waals surface area contributed by atoms with Gasteiger partial charge in [-0.25, -0.2) is 4.79 Å². The Bertz CT molecular complexity index is 532. The molecule has 0 amide bonds. The zero-order valence-corrected chi connectivity index (χ0v) is 9.64. The van der Waals surface area contributed by atoms with Gasteiger partial charge < -0.3 is 10.0 Å². The van der Waals surface area contributed by atoms with Crippen molar-refractivity contribution >= 4 is 11.7 Å². The summed E-state index contributed by atoms with van der Waals surface area (Å²) >= 11 is 0. The highest BCUT2D eigenvalue weighted by Gasteiger charge is 2.20. The Balaban J connectivity index is 2.60. The fourth-order valence-electron chi connectivity index (χ4n) is 1.72. The Morgan fingerprint density at radius 3 is 2.47 bits per heavy atom. The highest BCUT2D eigenvalue weighted by molar-refractivity contribution is 5.96. The van der Waals surface area contributed by atoms with E-state index < -0.39 is 5.97 Å². The third-order valence-electron chi connectivity index (χ3n) is 2.45. The maximum Gasteiger partial charge on any atom is 0.356 e. The fraction of sp³-hybridized carbons (Fsp3) is 0.167. The molecule has 5 nitrogen and oxygen atoms in total. The van der Waals surface area contributed by atoms with E-state index in [1.165, 1.54) is 0 Å². The van der Waals surface area contributed by atoms with Crippen LogP contribution in [0, 0.1) is 0 Å². The fourth-order valence-corrected chi connectivity index (χ4v) is 1.72. The van der Waals surface area contributed by atoms with Crippen molar-refractivity contribution in [3.63, 3.8) is 0 Å². The lowest BCUT2D eigenvalue weighted by molar-refractivity contribution is 0.0691. The first-order valence-electron chi connectivity index (χ1n) is 5.15. The van der Waals surface area contributed by atoms with E-state index >= 15 is 0 Å². The molecule has 0 unspecified atom stereocenters. The van der Waals surface area contributed by atoms with Gasteiger partial charge in [-0.05, 0) is 0 Å². The highest BCUT2D eigenvalue weighted by atomic mass is 16.4. The van der Waals surface area contributed by atoms with Crippen LogP contribution in [0.2, 0.25) is 0 Å². The highest BCUT2D eigenvalue weighted by Crippen LogP contribution is 2.30. The second-order valence-corrected chi connectivity index (χ2v) is 3.86. The average Bonchev–Trinajstić information content (AvgIpc) is 2.74. The molecule has 0 spiro atoms. The Hall–Kier alpha value is -2.30. The van der Waals surface area contributed by atoms with Crippen molar-refractivity contribution in [2.45, 2.75) is 0 Å². The summed E-state index contributed by atoms with van der Waals surface area (Å²) in [7, 11) is 3.59. The topological polar surface area (TPSA) is 69.2 Å². The van der Waals surface area contributed by atoms with Crippen LogP contribution in [0.3, 0.4) is 0 Å². The Morgan fingerprint density at radius 1 is 1.29 bits per heavy atom. The van der Waals surface area contributed by atoms with Crippen molar-refractivity contribution in [3.8, 4) is 11.3 Å². The molecule has 0 aliphatic rings. The maximum absolute atomic E-state index is 11.1. The predicted octanol–water partition coefficient (Wildman–Crippen LogP) is 1.84. The molecule has 88 valence electrons. The number of rotatable bonds is 3. The van der Waals surface area contributed by atoms with E-state index in [0.29, 0.717) is 11.4 Å². The maximum atomic E-state index is 11.1. The first-order chi connectivity index (χ1) is 8.11. The minimum absolute atomic E-state index is 0.105. The van der Waals surface area contributed by atoms with Crippen LogP contribution < -0.4 is 4.90 Å². The van der Waals surface area contributed by atoms with Crippen LogP contribution in [0.4, 0.5) is 5.69 Å². The minimum Gasteiger partial charge on any atom is -0.476 e. The summed E-state index contributed by atoms with van der Waals surface area (Å²) in [5, 5.41) is 15.7. The van der Waals surface area contributed by atoms with Crippen LogP contribution in [0.1, 0.15) is 10.5 Å². The van der Waals surface area contributed by atoms with Crippen LogP contribution in [0.5, 0.6) is 0 Å². The number of carboxylic acids is 1. The number of nitrogens with one attached hydrogen (secondary N) is 1. The molecule has 2 aromatic rings. The first kappa shape index (κ1) is 11.2. The Kier molecular flexibility index (Phi) is 2.82. The normalized spacial score (nSPS) is 10.2. The molecule has 0 fully saturated rings. The number of carboxylic acid groups (broad SMARTS) is 1. The van der Waals surface area contributed by atoms with E-state index in [0.717, 1.165) is 5.56 Å². The molecule has 1 heterocycles. The van der Waals surface area contributed by atoms with Crippen molar-refractivity contribution < 1.29 is 9.90 Å². The minimum atomic E-state index is -1.01. The van der Waals surface area contributed by atoms with Gasteiger partial charge in [-0.3, -0.25) is 5.10 Å². The van der Waals surface area contributed by atoms with Gasteiger partial charge in [0, 0.05) is 19.7 Å². The SMILES string of the molecule is CN(C)c1c(-c2ccccc2)n[nH]c1C(=O)O. The van der Waals surface area contributed by atoms with Crippen LogP contribution in [-0.4, -0.2) is 35.4 Å². The second kappa shape index (κ2) is 4.29. The third kappa shape index (κ3) is 1.99. The summed E-state index contributed by atoms with van der Waals surface area (Å²) < 4.78 is 0. The van der Waals surface area contributed by atoms with Gasteiger partial charge in [-0.1, -0.05) is 30.3 Å². The zero-order chi connectivity index (χ0) is 12.4. The van der Waals surface area contributed by atoms with E-state index in [1.807, 2.05) is 30.3 Å². The molecule has 0 radical (unpaired) electrons. The molecule has 0 saturated heterocycles. The van der Waals surface area contributed by atoms with Crippen LogP contribution in [0.15, 0.2) is 30.3 Å². The summed E-state index contributed by atoms with van der Waals surface area (Å²) in [6, 6.07) is 9.49. The average molecular weight is 231 g/mol. The quantitative estimate of drug-likeness (QED) is 0.845. The standard InChI is InChI=1S/C12H13N3O2/c1-15(2)11-9(8-6-4-3-5-7-8)13-14-10(11)12(16)17/h3-7H,1-2H3,(H,13,14)(H,16,17). The summed E-state index contributed by atoms with van der Waals surface area (Å²) in [4.78, 5) is 12.8. The third-order valence-corrected chi connectivity index (χ3v) is 2.45. The lowest BCUT2D eigenvalue weighted by Gasteiger charge is -2.13. The molecule has 2 rings (SSSR count). The molecular formula is C12H13N3O2. The summed E-state index contributed by atoms with van der Waals surface area (Å²) in [5.41, 5.74) is 2.23. The number of aromatic nitrogens is 2. The molecule has 1 aromatic carbocycles. The van der Waals surface area contributed by atoms with E-state index in [9.17, 15) is 4.79 Å². The van der Waals surface area contributed by atoms with E-state index in [-0.39, 0.29) is 5.69 Å². The van der Waals surface area contributed by atoms with Crippen molar-refractivity contribution in [1.29, 1.82) is 0 Å². The zero-order valence-electron chi connectivity index (χ0n) is 9.64. The molecule has 5 heteroatoms. The van der Waals surface area contributed by atoms with Gasteiger partial charge in [0.25, 0.3) is 0 Å². The second-order valence-electron chi connectivity index (χ2n) is 3.86. The molecule has 2 N–H and O–H groups in total. The van der Waals surface area contributed by atoms with Crippen LogP contribution >= 0.6 is 0 Å². The smallest absolute Gasteiger partial charge is 0.356 e. The van der Waals surface area contributed by atoms with Crippen molar-refractivity contribution in [3.05, 3.63) is 36.0 Å². The number of hydrogen-bond donors (Lipinski definition) is 2. The predicted molar refractivity (Wildman–Crippen MR) is 65.3 cm³/mol. The molecule has 0 bridgehead atoms. The van der Waals surface area contributed by atoms with Gasteiger partial charge in [0.1, 0.15) is 5.69 Å². The van der Waals surface area contributed by atoms with Crippen LogP contribution in [0.25, 0.3) is 11.3 Å². The van der Waals surface area contributed by atoms with Gasteiger partial charge in [0.05, 0.1) is 5.69 Å². The number of benzene rings is 1. The number of aromatic amines is 1. The van der Waals surface area contributed by atoms with Crippen molar-refractivity contribution in [2.24, 2.45) is 0 Å². The lowest BCUT2D eigenvalue weighted by atomic mass is 10.1. The van der Waals surface area contributed by atoms with Gasteiger partial charge in [0.15, 0.2) is 5.69 Å². The molecular weight excluding hydrogens is 218 g/mol. The van der Waals surface area contributed by atoms with E-state index in [2.05, 4.69) is 10.2 Å². The van der Waals surface area contributed by atoms with E-state index in [4.69, 9.17) is 5.11 Å². The number of hydrogen-bond acceptors (Lipinski definition) is 3. The van der Waals surface area contributed by atoms with Gasteiger partial charge in [0.2, 0.25) is 0 Å². The molecule has 0 atom stereocenters. The summed E-state index contributed by atoms with van der Waals surface area (Å²) in [6.07, 6.45) is 0. The molecule has 0 saturated carbocycles. The molecule has 1 aromatic heterocycles. The molecule has 17 heavy (non-hydrogen) atoms. The number of nitrogens with zero attached hydrogens (tertiary/aromatic N) is 2. The van der Waals surface area contributed by atoms with Gasteiger partial charge >= 0.3 is 5.97 Å². The van der Waals surface area contributed by atoms with Crippen LogP contribution in [-0.2, 0) is 0 Å². The summed E-state index contributed by atoms with van der Waals surface area (Å²) in [6.45, 7) is 0. The Morgan fingerprint density at radius 2 is 1.94 bits per heavy atom. The van der Waals surface area contributed by atoms with Crippen molar-refractivity contribution in [1.82, 2.24) is 10.2 Å². The van der Waals surface area contributed by atoms with Gasteiger partial charge in [-0.2, -0.15) is 5.10 Å². The summed E-state index contributed by atoms with van der Waals surface area (Å²) in [5.74, 6) is -1.01. The number of H-pyrrole nitrogens is 1. The van der Waals surface area contributed by atoms with E-state index in [1.54, 1.807) is 19.0 Å². The first-order valence-corrected chi connectivity index (χ1v) is 5.15. The largest absolute Gasteiger partial charge is 0.476 e. The number of aromatic carboxylic acids is 1. The monoisotopic (exact) mass is 231 g/mol. The number of anilines is 1.